The van der Waals surface area contributed by atoms with Crippen LogP contribution in [0.5, 0.6) is 0 Å². The first kappa shape index (κ1) is 15.5. The van der Waals surface area contributed by atoms with Gasteiger partial charge in [-0.25, -0.2) is 0 Å². The minimum atomic E-state index is 0.581. The van der Waals surface area contributed by atoms with E-state index in [9.17, 15) is 0 Å². The van der Waals surface area contributed by atoms with Crippen molar-refractivity contribution in [3.8, 4) is 0 Å². The summed E-state index contributed by atoms with van der Waals surface area (Å²) in [7, 11) is 4.25. The van der Waals surface area contributed by atoms with Gasteiger partial charge in [-0.15, -0.1) is 0 Å². The highest BCUT2D eigenvalue weighted by Gasteiger charge is 2.20. The molecule has 0 aliphatic carbocycles. The summed E-state index contributed by atoms with van der Waals surface area (Å²) in [5.41, 5.74) is 0. The summed E-state index contributed by atoms with van der Waals surface area (Å²) < 4.78 is 11.6. The predicted octanol–water partition coefficient (Wildman–Crippen LogP) is 2.24. The van der Waals surface area contributed by atoms with Crippen LogP contribution in [-0.2, 0) is 17.7 Å². The number of hydrogen-bond donors (Lipinski definition) is 0. The Morgan fingerprint density at radius 3 is 2.85 bits per heavy atom. The van der Waals surface area contributed by atoms with Gasteiger partial charge < -0.3 is 14.1 Å². The molecule has 114 valence electrons. The molecule has 0 saturated carbocycles. The van der Waals surface area contributed by atoms with Crippen LogP contribution < -0.4 is 0 Å². The van der Waals surface area contributed by atoms with Crippen molar-refractivity contribution >= 4 is 0 Å². The lowest BCUT2D eigenvalue weighted by atomic mass is 10.1. The van der Waals surface area contributed by atoms with Gasteiger partial charge in [-0.2, -0.15) is 0 Å². The monoisotopic (exact) mass is 280 g/mol. The molecule has 1 aromatic heterocycles. The molecule has 0 N–H and O–H groups in total. The van der Waals surface area contributed by atoms with Gasteiger partial charge in [0.2, 0.25) is 0 Å². The van der Waals surface area contributed by atoms with Gasteiger partial charge in [0, 0.05) is 32.0 Å². The third kappa shape index (κ3) is 4.93. The third-order valence-corrected chi connectivity index (χ3v) is 3.64. The molecule has 1 aliphatic heterocycles. The maximum atomic E-state index is 5.89. The number of ether oxygens (including phenoxy) is 1. The van der Waals surface area contributed by atoms with Crippen LogP contribution in [0.15, 0.2) is 16.5 Å². The minimum absolute atomic E-state index is 0.581. The second-order valence-electron chi connectivity index (χ2n) is 6.06. The van der Waals surface area contributed by atoms with E-state index in [0.29, 0.717) is 5.92 Å². The fourth-order valence-corrected chi connectivity index (χ4v) is 2.83. The van der Waals surface area contributed by atoms with E-state index < -0.39 is 0 Å². The van der Waals surface area contributed by atoms with Gasteiger partial charge in [0.1, 0.15) is 11.5 Å². The summed E-state index contributed by atoms with van der Waals surface area (Å²) >= 11 is 0. The molecule has 4 nitrogen and oxygen atoms in total. The van der Waals surface area contributed by atoms with E-state index in [4.69, 9.17) is 9.15 Å². The lowest BCUT2D eigenvalue weighted by Gasteiger charge is -2.24. The van der Waals surface area contributed by atoms with E-state index in [0.717, 1.165) is 63.8 Å². The van der Waals surface area contributed by atoms with Crippen molar-refractivity contribution in [2.24, 2.45) is 5.92 Å². The van der Waals surface area contributed by atoms with Gasteiger partial charge in [-0.1, -0.05) is 6.92 Å². The average molecular weight is 280 g/mol. The molecular weight excluding hydrogens is 252 g/mol. The lowest BCUT2D eigenvalue weighted by Crippen LogP contribution is -2.34. The Balaban J connectivity index is 1.89. The third-order valence-electron chi connectivity index (χ3n) is 3.64. The molecule has 2 rings (SSSR count). The smallest absolute Gasteiger partial charge is 0.118 e. The maximum Gasteiger partial charge on any atom is 0.118 e. The standard InChI is InChI=1S/C16H28N2O2/c1-4-5-15-6-7-16(20-15)12-18-8-9-19-13-14(11-18)10-17(2)3/h6-7,14H,4-5,8-13H2,1-3H3/t14-/m1/s1. The second-order valence-corrected chi connectivity index (χ2v) is 6.06. The summed E-state index contributed by atoms with van der Waals surface area (Å²) in [4.78, 5) is 4.69. The van der Waals surface area contributed by atoms with Crippen LogP contribution in [0.4, 0.5) is 0 Å². The molecular formula is C16H28N2O2. The van der Waals surface area contributed by atoms with Gasteiger partial charge in [-0.3, -0.25) is 4.90 Å². The van der Waals surface area contributed by atoms with Gasteiger partial charge >= 0.3 is 0 Å². The molecule has 0 unspecified atom stereocenters. The normalized spacial score (nSPS) is 21.3. The zero-order chi connectivity index (χ0) is 14.4. The molecule has 0 radical (unpaired) electrons. The summed E-state index contributed by atoms with van der Waals surface area (Å²) in [5, 5.41) is 0. The van der Waals surface area contributed by atoms with E-state index in [1.165, 1.54) is 0 Å². The van der Waals surface area contributed by atoms with E-state index >= 15 is 0 Å². The highest BCUT2D eigenvalue weighted by Crippen LogP contribution is 2.15. The fourth-order valence-electron chi connectivity index (χ4n) is 2.83. The Morgan fingerprint density at radius 1 is 1.30 bits per heavy atom. The molecule has 1 saturated heterocycles. The Morgan fingerprint density at radius 2 is 2.10 bits per heavy atom. The van der Waals surface area contributed by atoms with E-state index in [-0.39, 0.29) is 0 Å². The minimum Gasteiger partial charge on any atom is -0.465 e. The molecule has 4 heteroatoms. The van der Waals surface area contributed by atoms with Crippen LogP contribution in [0.1, 0.15) is 24.9 Å². The molecule has 0 bridgehead atoms. The topological polar surface area (TPSA) is 28.9 Å². The molecule has 1 aliphatic rings. The molecule has 2 heterocycles. The number of nitrogens with zero attached hydrogens (tertiary/aromatic N) is 2. The van der Waals surface area contributed by atoms with Gasteiger partial charge in [0.05, 0.1) is 19.8 Å². The molecule has 1 atom stereocenters. The van der Waals surface area contributed by atoms with Gasteiger partial charge in [0.25, 0.3) is 0 Å². The first-order valence-corrected chi connectivity index (χ1v) is 7.69. The SMILES string of the molecule is CCCc1ccc(CN2CCOC[C@H](CN(C)C)C2)o1. The van der Waals surface area contributed by atoms with Gasteiger partial charge in [0.15, 0.2) is 0 Å². The number of aryl methyl sites for hydroxylation is 1. The summed E-state index contributed by atoms with van der Waals surface area (Å²) in [6.45, 7) is 7.93. The van der Waals surface area contributed by atoms with Crippen LogP contribution in [0.3, 0.4) is 0 Å². The quantitative estimate of drug-likeness (QED) is 0.799. The molecule has 1 aromatic rings. The maximum absolute atomic E-state index is 5.89. The zero-order valence-corrected chi connectivity index (χ0v) is 13.1. The van der Waals surface area contributed by atoms with Crippen molar-refractivity contribution in [2.45, 2.75) is 26.3 Å². The first-order chi connectivity index (χ1) is 9.67. The average Bonchev–Trinajstić information content (AvgIpc) is 2.69. The van der Waals surface area contributed by atoms with Crippen LogP contribution in [0, 0.1) is 5.92 Å². The summed E-state index contributed by atoms with van der Waals surface area (Å²) in [6.07, 6.45) is 2.17. The number of rotatable bonds is 6. The Hall–Kier alpha value is -0.840. The summed E-state index contributed by atoms with van der Waals surface area (Å²) in [6, 6.07) is 4.24. The van der Waals surface area contributed by atoms with E-state index in [1.807, 2.05) is 0 Å². The second kappa shape index (κ2) is 7.81. The number of furan rings is 1. The van der Waals surface area contributed by atoms with Crippen molar-refractivity contribution in [3.63, 3.8) is 0 Å². The van der Waals surface area contributed by atoms with Crippen LogP contribution in [0.25, 0.3) is 0 Å². The fraction of sp³-hybridized carbons (Fsp3) is 0.750. The van der Waals surface area contributed by atoms with Crippen molar-refractivity contribution in [2.75, 3.05) is 46.9 Å². The van der Waals surface area contributed by atoms with E-state index in [1.54, 1.807) is 0 Å². The zero-order valence-electron chi connectivity index (χ0n) is 13.1. The van der Waals surface area contributed by atoms with Crippen molar-refractivity contribution in [3.05, 3.63) is 23.7 Å². The van der Waals surface area contributed by atoms with Crippen LogP contribution in [-0.4, -0.2) is 56.7 Å². The highest BCUT2D eigenvalue weighted by atomic mass is 16.5. The van der Waals surface area contributed by atoms with Crippen LogP contribution in [0.2, 0.25) is 0 Å². The molecule has 0 spiro atoms. The molecule has 0 amide bonds. The predicted molar refractivity (Wildman–Crippen MR) is 80.8 cm³/mol. The number of hydrogen-bond acceptors (Lipinski definition) is 4. The largest absolute Gasteiger partial charge is 0.465 e. The Kier molecular flexibility index (Phi) is 6.07. The van der Waals surface area contributed by atoms with E-state index in [2.05, 4.69) is 43.0 Å². The van der Waals surface area contributed by atoms with Crippen molar-refractivity contribution in [1.29, 1.82) is 0 Å². The first-order valence-electron chi connectivity index (χ1n) is 7.69. The summed E-state index contributed by atoms with van der Waals surface area (Å²) in [5.74, 6) is 2.77. The van der Waals surface area contributed by atoms with Crippen LogP contribution >= 0.6 is 0 Å². The molecule has 20 heavy (non-hydrogen) atoms. The molecule has 1 fully saturated rings. The van der Waals surface area contributed by atoms with Crippen molar-refractivity contribution in [1.82, 2.24) is 9.80 Å². The highest BCUT2D eigenvalue weighted by molar-refractivity contribution is 5.07. The Bertz CT molecular complexity index is 390. The Labute approximate surface area is 122 Å². The van der Waals surface area contributed by atoms with Crippen molar-refractivity contribution < 1.29 is 9.15 Å². The lowest BCUT2D eigenvalue weighted by molar-refractivity contribution is 0.112. The van der Waals surface area contributed by atoms with Gasteiger partial charge in [-0.05, 0) is 32.6 Å². The molecule has 0 aromatic carbocycles.